The number of thioether (sulfide) groups is 2. The zero-order valence-electron chi connectivity index (χ0n) is 28.5. The number of hydrogen-bond donors (Lipinski definition) is 2. The highest BCUT2D eigenvalue weighted by Crippen LogP contribution is 2.48. The molecule has 6 aromatic rings. The number of fused-ring (bicyclic) bond motifs is 2. The normalized spacial score (nSPS) is 16.8. The van der Waals surface area contributed by atoms with E-state index in [0.717, 1.165) is 61.2 Å². The van der Waals surface area contributed by atoms with Gasteiger partial charge in [-0.15, -0.1) is 23.5 Å². The van der Waals surface area contributed by atoms with Crippen LogP contribution in [0.1, 0.15) is 43.9 Å². The molecule has 0 saturated carbocycles. The topological polar surface area (TPSA) is 103 Å². The molecule has 0 saturated heterocycles. The molecule has 6 heterocycles. The quantitative estimate of drug-likeness (QED) is 0.181. The smallest absolute Gasteiger partial charge is 0.235 e. The summed E-state index contributed by atoms with van der Waals surface area (Å²) in [5, 5.41) is 16.3. The van der Waals surface area contributed by atoms with Gasteiger partial charge in [0.15, 0.2) is 0 Å². The van der Waals surface area contributed by atoms with E-state index in [4.69, 9.17) is 5.10 Å². The van der Waals surface area contributed by atoms with Crippen LogP contribution in [-0.2, 0) is 18.9 Å². The molecule has 0 fully saturated rings. The first-order valence-corrected chi connectivity index (χ1v) is 20.1. The van der Waals surface area contributed by atoms with Crippen LogP contribution in [0.4, 0.5) is 11.6 Å². The van der Waals surface area contributed by atoms with Crippen molar-refractivity contribution in [2.24, 2.45) is 14.1 Å². The van der Waals surface area contributed by atoms with Crippen molar-refractivity contribution in [1.29, 1.82) is 0 Å². The van der Waals surface area contributed by atoms with E-state index in [-0.39, 0.29) is 16.4 Å². The third kappa shape index (κ3) is 7.39. The monoisotopic (exact) mass is 842 g/mol. The standard InChI is InChI=1S/C19H17BrN4OS.C19H19BrN4S/c1-11-9-12(20)6-7-13(11)18-16-17(14-5-3-4-8-21-14)23-24(2)19(16)22-15(25)10-26-18;1-12-11-13(20)6-7-14(12)18-16-17(15-5-3-4-8-21-15)23-24(2)19(16)22-9-10-25-18/h3-9,18H,10H2,1-2H3,(H,22,25);3-8,11,18,22H,9-10H2,1-2H3. The van der Waals surface area contributed by atoms with E-state index < -0.39 is 0 Å². The maximum atomic E-state index is 12.3. The molecule has 2 unspecified atom stereocenters. The van der Waals surface area contributed by atoms with Gasteiger partial charge in [-0.3, -0.25) is 24.1 Å². The number of aromatic nitrogens is 6. The number of carbonyl (C=O) groups is 1. The minimum absolute atomic E-state index is 0.00255. The Morgan fingerprint density at radius 2 is 1.25 bits per heavy atom. The number of carbonyl (C=O) groups excluding carboxylic acids is 1. The summed E-state index contributed by atoms with van der Waals surface area (Å²) in [7, 11) is 3.85. The maximum absolute atomic E-state index is 12.3. The third-order valence-electron chi connectivity index (χ3n) is 8.85. The summed E-state index contributed by atoms with van der Waals surface area (Å²) < 4.78 is 5.85. The highest BCUT2D eigenvalue weighted by Gasteiger charge is 2.33. The molecule has 13 heteroatoms. The van der Waals surface area contributed by atoms with Crippen LogP contribution < -0.4 is 10.6 Å². The lowest BCUT2D eigenvalue weighted by Gasteiger charge is -2.18. The number of aryl methyl sites for hydroxylation is 4. The molecule has 0 spiro atoms. The molecule has 2 N–H and O–H groups in total. The van der Waals surface area contributed by atoms with Crippen LogP contribution in [0.5, 0.6) is 0 Å². The van der Waals surface area contributed by atoms with Gasteiger partial charge in [0.1, 0.15) is 23.0 Å². The van der Waals surface area contributed by atoms with Gasteiger partial charge in [-0.1, -0.05) is 56.1 Å². The average molecular weight is 845 g/mol. The molecule has 2 aromatic carbocycles. The molecule has 9 nitrogen and oxygen atoms in total. The Labute approximate surface area is 322 Å². The molecular formula is C38H36Br2N8OS2. The minimum atomic E-state index is -0.0101. The maximum Gasteiger partial charge on any atom is 0.235 e. The molecule has 0 aliphatic carbocycles. The zero-order chi connectivity index (χ0) is 35.6. The summed E-state index contributed by atoms with van der Waals surface area (Å²) >= 11 is 10.7. The van der Waals surface area contributed by atoms with Gasteiger partial charge in [0.05, 0.1) is 27.6 Å². The molecule has 4 aromatic heterocycles. The first kappa shape index (κ1) is 35.5. The van der Waals surface area contributed by atoms with Crippen molar-refractivity contribution in [3.63, 3.8) is 0 Å². The van der Waals surface area contributed by atoms with Crippen LogP contribution in [0.25, 0.3) is 22.8 Å². The van der Waals surface area contributed by atoms with Gasteiger partial charge in [0.2, 0.25) is 5.91 Å². The third-order valence-corrected chi connectivity index (χ3v) is 12.4. The molecule has 2 atom stereocenters. The Morgan fingerprint density at radius 3 is 1.78 bits per heavy atom. The van der Waals surface area contributed by atoms with Crippen LogP contribution in [0, 0.1) is 13.8 Å². The number of nitrogens with one attached hydrogen (secondary N) is 2. The Kier molecular flexibility index (Phi) is 10.7. The van der Waals surface area contributed by atoms with E-state index in [1.807, 2.05) is 79.2 Å². The molecule has 8 rings (SSSR count). The van der Waals surface area contributed by atoms with E-state index in [1.165, 1.54) is 27.8 Å². The second-order valence-electron chi connectivity index (χ2n) is 12.3. The van der Waals surface area contributed by atoms with Crippen LogP contribution >= 0.6 is 55.4 Å². The van der Waals surface area contributed by atoms with E-state index in [0.29, 0.717) is 5.75 Å². The van der Waals surface area contributed by atoms with Crippen molar-refractivity contribution >= 4 is 72.9 Å². The lowest BCUT2D eigenvalue weighted by atomic mass is 9.98. The zero-order valence-corrected chi connectivity index (χ0v) is 33.3. The molecule has 0 radical (unpaired) electrons. The minimum Gasteiger partial charge on any atom is -0.369 e. The van der Waals surface area contributed by atoms with E-state index in [1.54, 1.807) is 22.6 Å². The van der Waals surface area contributed by atoms with Gasteiger partial charge < -0.3 is 10.6 Å². The average Bonchev–Trinajstić information content (AvgIpc) is 3.43. The predicted molar refractivity (Wildman–Crippen MR) is 216 cm³/mol. The number of pyridine rings is 2. The molecule has 260 valence electrons. The summed E-state index contributed by atoms with van der Waals surface area (Å²) in [6.45, 7) is 5.21. The van der Waals surface area contributed by atoms with Crippen molar-refractivity contribution in [3.8, 4) is 22.8 Å². The summed E-state index contributed by atoms with van der Waals surface area (Å²) in [6.07, 6.45) is 3.59. The fourth-order valence-corrected chi connectivity index (χ4v) is 9.98. The van der Waals surface area contributed by atoms with Gasteiger partial charge in [-0.25, -0.2) is 0 Å². The number of hydrogen-bond acceptors (Lipinski definition) is 8. The van der Waals surface area contributed by atoms with Crippen molar-refractivity contribution in [3.05, 3.63) is 128 Å². The van der Waals surface area contributed by atoms with Crippen LogP contribution in [0.3, 0.4) is 0 Å². The van der Waals surface area contributed by atoms with Gasteiger partial charge >= 0.3 is 0 Å². The van der Waals surface area contributed by atoms with E-state index in [9.17, 15) is 4.79 Å². The lowest BCUT2D eigenvalue weighted by Crippen LogP contribution is -2.15. The Hall–Kier alpha value is -3.91. The number of rotatable bonds is 4. The number of nitrogens with zero attached hydrogens (tertiary/aromatic N) is 6. The number of anilines is 2. The highest BCUT2D eigenvalue weighted by atomic mass is 79.9. The SMILES string of the molecule is Cc1cc(Br)ccc1C1SCC(=O)Nc2c1c(-c1ccccn1)nn2C.Cc1cc(Br)ccc1C1SCCNc2c1c(-c1ccccn1)nn2C. The number of halogens is 2. The second kappa shape index (κ2) is 15.4. The Bertz CT molecular complexity index is 2210. The van der Waals surface area contributed by atoms with Crippen LogP contribution in [-0.4, -0.2) is 53.5 Å². The van der Waals surface area contributed by atoms with Crippen molar-refractivity contribution < 1.29 is 4.79 Å². The predicted octanol–water partition coefficient (Wildman–Crippen LogP) is 9.13. The summed E-state index contributed by atoms with van der Waals surface area (Å²) in [5.41, 5.74) is 10.7. The Morgan fingerprint density at radius 1 is 0.725 bits per heavy atom. The molecule has 2 aliphatic rings. The van der Waals surface area contributed by atoms with Gasteiger partial charge in [0.25, 0.3) is 0 Å². The van der Waals surface area contributed by atoms with Gasteiger partial charge in [-0.05, 0) is 84.6 Å². The molecule has 0 bridgehead atoms. The van der Waals surface area contributed by atoms with Crippen molar-refractivity contribution in [1.82, 2.24) is 29.5 Å². The Balaban J connectivity index is 0.000000159. The van der Waals surface area contributed by atoms with Crippen molar-refractivity contribution in [2.45, 2.75) is 24.3 Å². The molecular weight excluding hydrogens is 808 g/mol. The number of amides is 1. The summed E-state index contributed by atoms with van der Waals surface area (Å²) in [5.74, 6) is 3.28. The first-order valence-electron chi connectivity index (χ1n) is 16.4. The largest absolute Gasteiger partial charge is 0.369 e. The fraction of sp³-hybridized carbons (Fsp3) is 0.237. The van der Waals surface area contributed by atoms with Crippen molar-refractivity contribution in [2.75, 3.05) is 28.7 Å². The van der Waals surface area contributed by atoms with Crippen LogP contribution in [0.2, 0.25) is 0 Å². The number of benzene rings is 2. The molecule has 1 amide bonds. The lowest BCUT2D eigenvalue weighted by molar-refractivity contribution is -0.113. The molecule has 2 aliphatic heterocycles. The van der Waals surface area contributed by atoms with E-state index in [2.05, 4.69) is 102 Å². The summed E-state index contributed by atoms with van der Waals surface area (Å²) in [4.78, 5) is 21.3. The van der Waals surface area contributed by atoms with Crippen LogP contribution in [0.15, 0.2) is 94.1 Å². The first-order chi connectivity index (χ1) is 24.7. The van der Waals surface area contributed by atoms with Gasteiger partial charge in [0, 0.05) is 58.9 Å². The highest BCUT2D eigenvalue weighted by molar-refractivity contribution is 9.10. The molecule has 51 heavy (non-hydrogen) atoms. The fourth-order valence-electron chi connectivity index (χ4n) is 6.52. The second-order valence-corrected chi connectivity index (χ2v) is 16.5. The van der Waals surface area contributed by atoms with E-state index >= 15 is 0 Å². The summed E-state index contributed by atoms with van der Waals surface area (Å²) in [6, 6.07) is 24.6. The van der Waals surface area contributed by atoms with Gasteiger partial charge in [-0.2, -0.15) is 10.2 Å².